The van der Waals surface area contributed by atoms with Crippen LogP contribution in [0.1, 0.15) is 68.6 Å². The Morgan fingerprint density at radius 3 is 2.18 bits per heavy atom. The Bertz CT molecular complexity index is 867. The average molecular weight is 462 g/mol. The van der Waals surface area contributed by atoms with Crippen molar-refractivity contribution >= 4 is 5.97 Å². The van der Waals surface area contributed by atoms with Crippen LogP contribution < -0.4 is 0 Å². The maximum Gasteiger partial charge on any atom is 0.416 e. The minimum atomic E-state index is -4.35. The van der Waals surface area contributed by atoms with E-state index in [9.17, 15) is 23.1 Å². The first-order valence-electron chi connectivity index (χ1n) is 11.9. The fraction of sp³-hybridized carbons (Fsp3) is 0.519. The Morgan fingerprint density at radius 1 is 0.970 bits per heavy atom. The van der Waals surface area contributed by atoms with E-state index >= 15 is 0 Å². The van der Waals surface area contributed by atoms with Crippen LogP contribution in [0.2, 0.25) is 0 Å². The van der Waals surface area contributed by atoms with Crippen LogP contribution in [0.15, 0.2) is 54.6 Å². The van der Waals surface area contributed by atoms with Gasteiger partial charge in [-0.15, -0.1) is 0 Å². The van der Waals surface area contributed by atoms with E-state index in [-0.39, 0.29) is 24.3 Å². The fourth-order valence-corrected chi connectivity index (χ4v) is 5.26. The topological polar surface area (TPSA) is 40.5 Å². The van der Waals surface area contributed by atoms with Crippen molar-refractivity contribution in [2.24, 2.45) is 11.8 Å². The minimum Gasteiger partial charge on any atom is -0.481 e. The van der Waals surface area contributed by atoms with Gasteiger partial charge in [0, 0.05) is 25.6 Å². The number of hydrogen-bond acceptors (Lipinski definition) is 2. The number of rotatable bonds is 11. The van der Waals surface area contributed by atoms with Gasteiger partial charge in [-0.05, 0) is 54.4 Å². The van der Waals surface area contributed by atoms with Crippen molar-refractivity contribution in [2.75, 3.05) is 0 Å². The smallest absolute Gasteiger partial charge is 0.416 e. The lowest BCUT2D eigenvalue weighted by molar-refractivity contribution is -0.139. The van der Waals surface area contributed by atoms with Crippen LogP contribution in [-0.4, -0.2) is 22.0 Å². The van der Waals surface area contributed by atoms with Crippen molar-refractivity contribution < 1.29 is 23.1 Å². The van der Waals surface area contributed by atoms with Crippen molar-refractivity contribution in [3.63, 3.8) is 0 Å². The van der Waals surface area contributed by atoms with Crippen LogP contribution in [0.4, 0.5) is 13.2 Å². The number of alkyl halides is 3. The highest BCUT2D eigenvalue weighted by Crippen LogP contribution is 2.41. The summed E-state index contributed by atoms with van der Waals surface area (Å²) >= 11 is 0. The largest absolute Gasteiger partial charge is 0.481 e. The number of nitrogens with zero attached hydrogens (tertiary/aromatic N) is 1. The van der Waals surface area contributed by atoms with E-state index in [4.69, 9.17) is 0 Å². The third-order valence-electron chi connectivity index (χ3n) is 6.88. The molecule has 0 radical (unpaired) electrons. The van der Waals surface area contributed by atoms with Crippen LogP contribution >= 0.6 is 0 Å². The van der Waals surface area contributed by atoms with E-state index in [0.29, 0.717) is 13.1 Å². The van der Waals surface area contributed by atoms with Gasteiger partial charge in [0.05, 0.1) is 5.56 Å². The summed E-state index contributed by atoms with van der Waals surface area (Å²) < 4.78 is 39.0. The second-order valence-electron chi connectivity index (χ2n) is 9.25. The minimum absolute atomic E-state index is 0.148. The molecule has 0 bridgehead atoms. The molecule has 6 heteroatoms. The van der Waals surface area contributed by atoms with Crippen molar-refractivity contribution in [2.45, 2.75) is 77.2 Å². The number of halogens is 3. The normalized spacial score (nSPS) is 20.9. The number of carbonyl (C=O) groups is 1. The maximum absolute atomic E-state index is 13.0. The summed E-state index contributed by atoms with van der Waals surface area (Å²) in [5.41, 5.74) is 1.35. The monoisotopic (exact) mass is 461 g/mol. The molecule has 3 rings (SSSR count). The van der Waals surface area contributed by atoms with Crippen LogP contribution in [0.3, 0.4) is 0 Å². The van der Waals surface area contributed by atoms with Gasteiger partial charge in [-0.25, -0.2) is 0 Å². The lowest BCUT2D eigenvalue weighted by Gasteiger charge is -2.35. The van der Waals surface area contributed by atoms with E-state index in [2.05, 4.69) is 24.0 Å². The number of aliphatic carboxylic acids is 1. The Morgan fingerprint density at radius 2 is 1.61 bits per heavy atom. The standard InChI is InChI=1S/C27H34F3NO2/c1-2-3-5-10-24-22(17-26(32)33)13-16-25(24)31(18-20-8-6-4-7-9-20)19-21-11-14-23(15-12-21)27(28,29)30/h4,6-9,11-12,14-15,22,24-25H,2-3,5,10,13,16-19H2,1H3,(H,32,33)/t22-,24-,25-/m1/s1. The molecule has 2 aromatic carbocycles. The summed E-state index contributed by atoms with van der Waals surface area (Å²) in [6.45, 7) is 3.39. The molecule has 0 spiro atoms. The molecule has 0 saturated heterocycles. The SMILES string of the molecule is CCCCC[C@@H]1[C@@H](CC(=O)O)CC[C@H]1N(Cc1ccccc1)Cc1ccc(C(F)(F)F)cc1. The van der Waals surface area contributed by atoms with Crippen molar-refractivity contribution in [3.05, 3.63) is 71.3 Å². The highest BCUT2D eigenvalue weighted by molar-refractivity contribution is 5.67. The number of carboxylic acid groups (broad SMARTS) is 1. The summed E-state index contributed by atoms with van der Waals surface area (Å²) in [5.74, 6) is -0.320. The highest BCUT2D eigenvalue weighted by Gasteiger charge is 2.39. The van der Waals surface area contributed by atoms with Gasteiger partial charge in [0.25, 0.3) is 0 Å². The molecule has 1 aliphatic rings. The number of hydrogen-bond donors (Lipinski definition) is 1. The second-order valence-corrected chi connectivity index (χ2v) is 9.25. The Kier molecular flexibility index (Phi) is 8.95. The zero-order valence-corrected chi connectivity index (χ0v) is 19.2. The molecule has 0 aromatic heterocycles. The fourth-order valence-electron chi connectivity index (χ4n) is 5.26. The molecule has 0 aliphatic heterocycles. The quantitative estimate of drug-likeness (QED) is 0.361. The zero-order valence-electron chi connectivity index (χ0n) is 19.2. The summed E-state index contributed by atoms with van der Waals surface area (Å²) in [7, 11) is 0. The predicted molar refractivity (Wildman–Crippen MR) is 124 cm³/mol. The van der Waals surface area contributed by atoms with Gasteiger partial charge >= 0.3 is 12.1 Å². The first-order chi connectivity index (χ1) is 15.8. The van der Waals surface area contributed by atoms with Crippen LogP contribution in [-0.2, 0) is 24.1 Å². The van der Waals surface area contributed by atoms with Gasteiger partial charge in [0.2, 0.25) is 0 Å². The summed E-state index contributed by atoms with van der Waals surface area (Å²) in [4.78, 5) is 13.9. The third-order valence-corrected chi connectivity index (χ3v) is 6.88. The van der Waals surface area contributed by atoms with Crippen LogP contribution in [0.5, 0.6) is 0 Å². The summed E-state index contributed by atoms with van der Waals surface area (Å²) in [6, 6.07) is 15.7. The Labute approximate surface area is 194 Å². The maximum atomic E-state index is 13.0. The molecule has 0 unspecified atom stereocenters. The molecule has 33 heavy (non-hydrogen) atoms. The molecule has 3 atom stereocenters. The number of unbranched alkanes of at least 4 members (excludes halogenated alkanes) is 2. The average Bonchev–Trinajstić information content (AvgIpc) is 3.15. The van der Waals surface area contributed by atoms with Gasteiger partial charge in [-0.1, -0.05) is 68.7 Å². The molecule has 0 heterocycles. The van der Waals surface area contributed by atoms with Crippen LogP contribution in [0.25, 0.3) is 0 Å². The lowest BCUT2D eigenvalue weighted by atomic mass is 9.85. The first-order valence-corrected chi connectivity index (χ1v) is 11.9. The first kappa shape index (κ1) is 25.3. The van der Waals surface area contributed by atoms with Crippen molar-refractivity contribution in [1.82, 2.24) is 4.90 Å². The van der Waals surface area contributed by atoms with Crippen molar-refractivity contribution in [3.8, 4) is 0 Å². The van der Waals surface area contributed by atoms with E-state index in [1.54, 1.807) is 12.1 Å². The van der Waals surface area contributed by atoms with Gasteiger partial charge in [-0.3, -0.25) is 9.69 Å². The van der Waals surface area contributed by atoms with E-state index in [1.807, 2.05) is 18.2 Å². The zero-order chi connectivity index (χ0) is 23.8. The second kappa shape index (κ2) is 11.7. The molecular weight excluding hydrogens is 427 g/mol. The van der Waals surface area contributed by atoms with Gasteiger partial charge < -0.3 is 5.11 Å². The van der Waals surface area contributed by atoms with Crippen LogP contribution in [0, 0.1) is 11.8 Å². The number of carboxylic acids is 1. The summed E-state index contributed by atoms with van der Waals surface area (Å²) in [5, 5.41) is 9.44. The molecule has 2 aromatic rings. The van der Waals surface area contributed by atoms with Gasteiger partial charge in [-0.2, -0.15) is 13.2 Å². The molecule has 180 valence electrons. The summed E-state index contributed by atoms with van der Waals surface area (Å²) in [6.07, 6.45) is 1.95. The molecule has 1 N–H and O–H groups in total. The predicted octanol–water partition coefficient (Wildman–Crippen LogP) is 7.16. The molecule has 1 fully saturated rings. The van der Waals surface area contributed by atoms with Crippen molar-refractivity contribution in [1.29, 1.82) is 0 Å². The highest BCUT2D eigenvalue weighted by atomic mass is 19.4. The molecule has 3 nitrogen and oxygen atoms in total. The van der Waals surface area contributed by atoms with Gasteiger partial charge in [0.15, 0.2) is 0 Å². The van der Waals surface area contributed by atoms with E-state index < -0.39 is 17.7 Å². The Hall–Kier alpha value is -2.34. The van der Waals surface area contributed by atoms with Gasteiger partial charge in [0.1, 0.15) is 0 Å². The third kappa shape index (κ3) is 7.32. The van der Waals surface area contributed by atoms with E-state index in [1.165, 1.54) is 0 Å². The molecule has 0 amide bonds. The molecule has 1 aliphatic carbocycles. The Balaban J connectivity index is 1.84. The molecule has 1 saturated carbocycles. The number of benzene rings is 2. The van der Waals surface area contributed by atoms with E-state index in [0.717, 1.165) is 61.8 Å². The lowest BCUT2D eigenvalue weighted by Crippen LogP contribution is -2.38. The molecular formula is C27H34F3NO2.